The van der Waals surface area contributed by atoms with Crippen LogP contribution in [-0.4, -0.2) is 74.9 Å². The van der Waals surface area contributed by atoms with Crippen molar-refractivity contribution in [3.05, 3.63) is 30.4 Å². The molecule has 4 amide bonds. The fourth-order valence-corrected chi connectivity index (χ4v) is 2.62. The number of nitrogens with zero attached hydrogens (tertiary/aromatic N) is 6. The first-order valence-corrected chi connectivity index (χ1v) is 7.89. The van der Waals surface area contributed by atoms with Crippen LogP contribution in [0.25, 0.3) is 11.4 Å². The van der Waals surface area contributed by atoms with Crippen LogP contribution in [0, 0.1) is 0 Å². The van der Waals surface area contributed by atoms with Gasteiger partial charge in [0.2, 0.25) is 17.6 Å². The van der Waals surface area contributed by atoms with Crippen LogP contribution in [0.2, 0.25) is 0 Å². The average Bonchev–Trinajstić information content (AvgIpc) is 3.18. The van der Waals surface area contributed by atoms with Crippen molar-refractivity contribution in [3.63, 3.8) is 0 Å². The fraction of sp³-hybridized carbons (Fsp3) is 0.375. The normalized spacial score (nSPS) is 17.1. The molecule has 0 aliphatic carbocycles. The third kappa shape index (κ3) is 3.25. The molecule has 2 aromatic heterocycles. The first-order valence-electron chi connectivity index (χ1n) is 7.89. The van der Waals surface area contributed by atoms with Gasteiger partial charge in [-0.2, -0.15) is 4.98 Å². The van der Waals surface area contributed by atoms with Crippen molar-refractivity contribution >= 4 is 17.8 Å². The highest BCUT2D eigenvalue weighted by Gasteiger charge is 2.42. The Balaban J connectivity index is 1.62. The number of likely N-dealkylation sites (N-methyl/N-ethyl adjacent to an activating group) is 2. The summed E-state index contributed by atoms with van der Waals surface area (Å²) in [6.45, 7) is 0.0977. The van der Waals surface area contributed by atoms with Crippen molar-refractivity contribution in [2.45, 2.75) is 19.0 Å². The number of carbonyl (C=O) groups is 3. The minimum atomic E-state index is -0.795. The Bertz CT molecular complexity index is 836. The minimum absolute atomic E-state index is 0.0977. The number of amides is 4. The number of hydrogen-bond donors (Lipinski definition) is 0. The molecule has 0 bridgehead atoms. The molecule has 0 spiro atoms. The van der Waals surface area contributed by atoms with Gasteiger partial charge >= 0.3 is 6.03 Å². The van der Waals surface area contributed by atoms with Crippen LogP contribution in [0.3, 0.4) is 0 Å². The second kappa shape index (κ2) is 6.90. The third-order valence-electron chi connectivity index (χ3n) is 4.23. The maximum atomic E-state index is 12.4. The van der Waals surface area contributed by atoms with E-state index in [-0.39, 0.29) is 24.8 Å². The summed E-state index contributed by atoms with van der Waals surface area (Å²) in [5, 5.41) is 3.87. The third-order valence-corrected chi connectivity index (χ3v) is 4.23. The Hall–Kier alpha value is -3.30. The van der Waals surface area contributed by atoms with E-state index in [0.29, 0.717) is 11.4 Å². The molecule has 10 heteroatoms. The van der Waals surface area contributed by atoms with Crippen molar-refractivity contribution in [1.29, 1.82) is 0 Å². The van der Waals surface area contributed by atoms with Crippen LogP contribution in [0.4, 0.5) is 4.79 Å². The van der Waals surface area contributed by atoms with Gasteiger partial charge in [-0.05, 0) is 12.1 Å². The molecule has 0 unspecified atom stereocenters. The van der Waals surface area contributed by atoms with Gasteiger partial charge in [-0.15, -0.1) is 0 Å². The molecule has 1 saturated heterocycles. The van der Waals surface area contributed by atoms with Gasteiger partial charge in [0.1, 0.15) is 6.04 Å². The Morgan fingerprint density at radius 2 is 2.12 bits per heavy atom. The van der Waals surface area contributed by atoms with E-state index in [1.54, 1.807) is 31.6 Å². The van der Waals surface area contributed by atoms with E-state index >= 15 is 0 Å². The molecule has 3 heterocycles. The first kappa shape index (κ1) is 17.5. The van der Waals surface area contributed by atoms with Gasteiger partial charge in [0.05, 0.1) is 13.0 Å². The zero-order chi connectivity index (χ0) is 18.8. The maximum Gasteiger partial charge on any atom is 0.326 e. The molecule has 0 saturated carbocycles. The standard InChI is InChI=1S/C16H18N6O4/c1-20(13(23)7-11-15(24)22(3)16(25)21(11)2)9-12-18-14(19-26-12)10-5-4-6-17-8-10/h4-6,8,11H,7,9H2,1-3H3/t11-/m0/s1. The largest absolute Gasteiger partial charge is 0.337 e. The highest BCUT2D eigenvalue weighted by molar-refractivity contribution is 6.05. The van der Waals surface area contributed by atoms with Crippen LogP contribution in [0.15, 0.2) is 29.0 Å². The summed E-state index contributed by atoms with van der Waals surface area (Å²) in [5.74, 6) is -0.0544. The van der Waals surface area contributed by atoms with Gasteiger partial charge in [0.25, 0.3) is 5.91 Å². The lowest BCUT2D eigenvalue weighted by Crippen LogP contribution is -2.38. The van der Waals surface area contributed by atoms with E-state index in [9.17, 15) is 14.4 Å². The summed E-state index contributed by atoms with van der Waals surface area (Å²) in [5.41, 5.74) is 0.705. The Morgan fingerprint density at radius 3 is 2.73 bits per heavy atom. The Kier molecular flexibility index (Phi) is 4.65. The molecule has 3 rings (SSSR count). The molecule has 0 N–H and O–H groups in total. The monoisotopic (exact) mass is 358 g/mol. The lowest BCUT2D eigenvalue weighted by Gasteiger charge is -2.19. The second-order valence-corrected chi connectivity index (χ2v) is 6.01. The maximum absolute atomic E-state index is 12.4. The highest BCUT2D eigenvalue weighted by atomic mass is 16.5. The van der Waals surface area contributed by atoms with Crippen LogP contribution >= 0.6 is 0 Å². The lowest BCUT2D eigenvalue weighted by atomic mass is 10.1. The molecule has 136 valence electrons. The first-order chi connectivity index (χ1) is 12.4. The SMILES string of the molecule is CN(Cc1nc(-c2cccnc2)no1)C(=O)C[C@H]1C(=O)N(C)C(=O)N1C. The number of aromatic nitrogens is 3. The zero-order valence-electron chi connectivity index (χ0n) is 14.6. The Morgan fingerprint density at radius 1 is 1.35 bits per heavy atom. The number of pyridine rings is 1. The quantitative estimate of drug-likeness (QED) is 0.710. The van der Waals surface area contributed by atoms with E-state index in [0.717, 1.165) is 4.90 Å². The van der Waals surface area contributed by atoms with Crippen molar-refractivity contribution in [2.75, 3.05) is 21.1 Å². The van der Waals surface area contributed by atoms with Crippen molar-refractivity contribution < 1.29 is 18.9 Å². The minimum Gasteiger partial charge on any atom is -0.337 e. The molecular weight excluding hydrogens is 340 g/mol. The zero-order valence-corrected chi connectivity index (χ0v) is 14.6. The number of hydrogen-bond acceptors (Lipinski definition) is 7. The molecule has 26 heavy (non-hydrogen) atoms. The summed E-state index contributed by atoms with van der Waals surface area (Å²) in [6, 6.07) is 2.34. The van der Waals surface area contributed by atoms with Gasteiger partial charge in [0.15, 0.2) is 0 Å². The van der Waals surface area contributed by atoms with Gasteiger partial charge in [-0.1, -0.05) is 5.16 Å². The summed E-state index contributed by atoms with van der Waals surface area (Å²) >= 11 is 0. The summed E-state index contributed by atoms with van der Waals surface area (Å²) in [4.78, 5) is 48.1. The van der Waals surface area contributed by atoms with E-state index in [4.69, 9.17) is 4.52 Å². The van der Waals surface area contributed by atoms with E-state index in [2.05, 4.69) is 15.1 Å². The molecule has 10 nitrogen and oxygen atoms in total. The highest BCUT2D eigenvalue weighted by Crippen LogP contribution is 2.18. The van der Waals surface area contributed by atoms with Crippen LogP contribution in [-0.2, 0) is 16.1 Å². The number of rotatable bonds is 5. The fourth-order valence-electron chi connectivity index (χ4n) is 2.62. The second-order valence-electron chi connectivity index (χ2n) is 6.01. The van der Waals surface area contributed by atoms with E-state index in [1.165, 1.54) is 23.9 Å². The van der Waals surface area contributed by atoms with Crippen LogP contribution < -0.4 is 0 Å². The summed E-state index contributed by atoms with van der Waals surface area (Å²) < 4.78 is 5.16. The molecule has 1 aliphatic heterocycles. The smallest absolute Gasteiger partial charge is 0.326 e. The molecule has 2 aromatic rings. The summed E-state index contributed by atoms with van der Waals surface area (Å²) in [6.07, 6.45) is 3.14. The molecule has 1 fully saturated rings. The van der Waals surface area contributed by atoms with Crippen LogP contribution in [0.1, 0.15) is 12.3 Å². The van der Waals surface area contributed by atoms with Gasteiger partial charge in [0, 0.05) is 39.1 Å². The van der Waals surface area contributed by atoms with Crippen molar-refractivity contribution in [3.8, 4) is 11.4 Å². The van der Waals surface area contributed by atoms with Crippen LogP contribution in [0.5, 0.6) is 0 Å². The van der Waals surface area contributed by atoms with Gasteiger partial charge < -0.3 is 14.3 Å². The van der Waals surface area contributed by atoms with E-state index < -0.39 is 18.0 Å². The number of carbonyl (C=O) groups excluding carboxylic acids is 3. The predicted molar refractivity (Wildman–Crippen MR) is 88.3 cm³/mol. The van der Waals surface area contributed by atoms with E-state index in [1.807, 2.05) is 0 Å². The lowest BCUT2D eigenvalue weighted by molar-refractivity contribution is -0.136. The summed E-state index contributed by atoms with van der Waals surface area (Å²) in [7, 11) is 4.47. The molecule has 0 aromatic carbocycles. The Labute approximate surface area is 149 Å². The van der Waals surface area contributed by atoms with Crippen molar-refractivity contribution in [1.82, 2.24) is 29.8 Å². The molecule has 1 aliphatic rings. The topological polar surface area (TPSA) is 113 Å². The number of imide groups is 1. The average molecular weight is 358 g/mol. The van der Waals surface area contributed by atoms with Gasteiger partial charge in [-0.3, -0.25) is 19.5 Å². The molecule has 1 atom stereocenters. The van der Waals surface area contributed by atoms with Gasteiger partial charge in [-0.25, -0.2) is 4.79 Å². The predicted octanol–water partition coefficient (Wildman–Crippen LogP) is 0.372. The number of urea groups is 1. The molecule has 0 radical (unpaired) electrons. The van der Waals surface area contributed by atoms with Crippen molar-refractivity contribution in [2.24, 2.45) is 0 Å². The molecular formula is C16H18N6O4.